The number of carbonyl (C=O) groups excluding carboxylic acids is 1. The van der Waals surface area contributed by atoms with Gasteiger partial charge in [0.1, 0.15) is 0 Å². The van der Waals surface area contributed by atoms with Crippen LogP contribution in [0.2, 0.25) is 5.02 Å². The lowest BCUT2D eigenvalue weighted by Crippen LogP contribution is -2.21. The highest BCUT2D eigenvalue weighted by Gasteiger charge is 2.04. The van der Waals surface area contributed by atoms with E-state index in [1.807, 2.05) is 36.4 Å². The molecule has 0 saturated carbocycles. The molecule has 0 aliphatic rings. The minimum absolute atomic E-state index is 0.104. The molecule has 0 aliphatic heterocycles. The summed E-state index contributed by atoms with van der Waals surface area (Å²) in [6, 6.07) is 14.7. The molecule has 0 aliphatic carbocycles. The van der Waals surface area contributed by atoms with Crippen LogP contribution in [0.5, 0.6) is 0 Å². The molecule has 0 fully saturated rings. The Bertz CT molecular complexity index is 575. The first kappa shape index (κ1) is 13.9. The molecule has 0 radical (unpaired) electrons. The van der Waals surface area contributed by atoms with Crippen molar-refractivity contribution in [2.24, 2.45) is 0 Å². The molecule has 0 atom stereocenters. The van der Waals surface area contributed by atoms with E-state index in [4.69, 9.17) is 11.6 Å². The van der Waals surface area contributed by atoms with Gasteiger partial charge in [-0.25, -0.2) is 0 Å². The van der Waals surface area contributed by atoms with E-state index >= 15 is 0 Å². The van der Waals surface area contributed by atoms with Crippen molar-refractivity contribution in [3.63, 3.8) is 0 Å². The van der Waals surface area contributed by atoms with Crippen LogP contribution in [0, 0.1) is 0 Å². The van der Waals surface area contributed by atoms with E-state index in [1.165, 1.54) is 0 Å². The summed E-state index contributed by atoms with van der Waals surface area (Å²) in [5, 5.41) is 6.49. The van der Waals surface area contributed by atoms with Gasteiger partial charge in [0.05, 0.1) is 6.54 Å². The largest absolute Gasteiger partial charge is 0.375 e. The van der Waals surface area contributed by atoms with Gasteiger partial charge in [0.25, 0.3) is 0 Å². The zero-order chi connectivity index (χ0) is 13.7. The van der Waals surface area contributed by atoms with Gasteiger partial charge in [0, 0.05) is 20.9 Å². The van der Waals surface area contributed by atoms with Gasteiger partial charge in [-0.05, 0) is 46.3 Å². The normalized spacial score (nSPS) is 10.0. The molecule has 0 unspecified atom stereocenters. The van der Waals surface area contributed by atoms with E-state index in [-0.39, 0.29) is 12.5 Å². The fraction of sp³-hybridized carbons (Fsp3) is 0.0714. The van der Waals surface area contributed by atoms with Crippen LogP contribution in [0.25, 0.3) is 0 Å². The Labute approximate surface area is 125 Å². The summed E-state index contributed by atoms with van der Waals surface area (Å²) in [7, 11) is 0. The summed E-state index contributed by atoms with van der Waals surface area (Å²) < 4.78 is 0.826. The van der Waals surface area contributed by atoms with Gasteiger partial charge in [0.2, 0.25) is 5.91 Å². The molecule has 0 spiro atoms. The van der Waals surface area contributed by atoms with E-state index < -0.39 is 0 Å². The first-order chi connectivity index (χ1) is 9.15. The summed E-state index contributed by atoms with van der Waals surface area (Å²) in [6.07, 6.45) is 0. The summed E-state index contributed by atoms with van der Waals surface area (Å²) in [5.74, 6) is -0.104. The summed E-state index contributed by atoms with van der Waals surface area (Å²) >= 11 is 9.24. The first-order valence-corrected chi connectivity index (χ1v) is 6.86. The fourth-order valence-corrected chi connectivity index (χ4v) is 2.36. The molecule has 2 aromatic rings. The fourth-order valence-electron chi connectivity index (χ4n) is 1.54. The van der Waals surface area contributed by atoms with Crippen LogP contribution >= 0.6 is 27.5 Å². The minimum Gasteiger partial charge on any atom is -0.375 e. The third-order valence-corrected chi connectivity index (χ3v) is 3.32. The zero-order valence-corrected chi connectivity index (χ0v) is 12.3. The number of rotatable bonds is 4. The molecule has 2 aromatic carbocycles. The van der Waals surface area contributed by atoms with Gasteiger partial charge < -0.3 is 10.6 Å². The molecular weight excluding hydrogens is 328 g/mol. The number of hydrogen-bond donors (Lipinski definition) is 2. The third-order valence-electron chi connectivity index (χ3n) is 2.43. The van der Waals surface area contributed by atoms with Crippen molar-refractivity contribution >= 4 is 44.8 Å². The summed E-state index contributed by atoms with van der Waals surface area (Å²) in [5.41, 5.74) is 1.61. The topological polar surface area (TPSA) is 41.1 Å². The summed E-state index contributed by atoms with van der Waals surface area (Å²) in [6.45, 7) is 0.190. The number of benzene rings is 2. The van der Waals surface area contributed by atoms with E-state index in [2.05, 4.69) is 26.6 Å². The average Bonchev–Trinajstić information content (AvgIpc) is 2.39. The van der Waals surface area contributed by atoms with Crippen LogP contribution in [0.4, 0.5) is 11.4 Å². The lowest BCUT2D eigenvalue weighted by molar-refractivity contribution is -0.114. The Morgan fingerprint density at radius 1 is 1.16 bits per heavy atom. The second-order valence-corrected chi connectivity index (χ2v) is 5.18. The Morgan fingerprint density at radius 2 is 1.89 bits per heavy atom. The van der Waals surface area contributed by atoms with E-state index in [0.717, 1.165) is 15.8 Å². The number of halogens is 2. The highest BCUT2D eigenvalue weighted by molar-refractivity contribution is 9.10. The van der Waals surface area contributed by atoms with Crippen molar-refractivity contribution in [3.8, 4) is 0 Å². The minimum atomic E-state index is -0.104. The SMILES string of the molecule is O=C(CNc1ccc(Cl)cc1Br)Nc1ccccc1. The smallest absolute Gasteiger partial charge is 0.243 e. The molecule has 3 nitrogen and oxygen atoms in total. The van der Waals surface area contributed by atoms with Crippen LogP contribution < -0.4 is 10.6 Å². The highest BCUT2D eigenvalue weighted by atomic mass is 79.9. The molecule has 19 heavy (non-hydrogen) atoms. The number of amides is 1. The maximum atomic E-state index is 11.7. The number of nitrogens with one attached hydrogen (secondary N) is 2. The van der Waals surface area contributed by atoms with E-state index in [1.54, 1.807) is 12.1 Å². The van der Waals surface area contributed by atoms with Gasteiger partial charge in [-0.2, -0.15) is 0 Å². The van der Waals surface area contributed by atoms with Crippen molar-refractivity contribution < 1.29 is 4.79 Å². The third kappa shape index (κ3) is 4.26. The van der Waals surface area contributed by atoms with Crippen LogP contribution in [0.1, 0.15) is 0 Å². The highest BCUT2D eigenvalue weighted by Crippen LogP contribution is 2.25. The van der Waals surface area contributed by atoms with Crippen molar-refractivity contribution in [1.29, 1.82) is 0 Å². The number of para-hydroxylation sites is 1. The molecule has 1 amide bonds. The van der Waals surface area contributed by atoms with E-state index in [0.29, 0.717) is 5.02 Å². The second kappa shape index (κ2) is 6.59. The Hall–Kier alpha value is -1.52. The Balaban J connectivity index is 1.90. The van der Waals surface area contributed by atoms with Gasteiger partial charge in [0.15, 0.2) is 0 Å². The number of anilines is 2. The molecule has 98 valence electrons. The first-order valence-electron chi connectivity index (χ1n) is 5.69. The van der Waals surface area contributed by atoms with Gasteiger partial charge >= 0.3 is 0 Å². The van der Waals surface area contributed by atoms with Gasteiger partial charge in [-0.15, -0.1) is 0 Å². The maximum Gasteiger partial charge on any atom is 0.243 e. The van der Waals surface area contributed by atoms with Crippen molar-refractivity contribution in [3.05, 3.63) is 58.0 Å². The van der Waals surface area contributed by atoms with Crippen molar-refractivity contribution in [2.45, 2.75) is 0 Å². The van der Waals surface area contributed by atoms with Gasteiger partial charge in [-0.3, -0.25) is 4.79 Å². The molecule has 0 heterocycles. The molecule has 5 heteroatoms. The number of carbonyl (C=O) groups is 1. The van der Waals surface area contributed by atoms with Crippen LogP contribution in [0.3, 0.4) is 0 Å². The molecule has 0 saturated heterocycles. The van der Waals surface area contributed by atoms with E-state index in [9.17, 15) is 4.79 Å². The Kier molecular flexibility index (Phi) is 4.82. The van der Waals surface area contributed by atoms with Crippen molar-refractivity contribution in [2.75, 3.05) is 17.2 Å². The zero-order valence-electron chi connectivity index (χ0n) is 9.99. The number of hydrogen-bond acceptors (Lipinski definition) is 2. The molecule has 0 aromatic heterocycles. The quantitative estimate of drug-likeness (QED) is 0.878. The molecule has 0 bridgehead atoms. The standard InChI is InChI=1S/C14H12BrClN2O/c15-12-8-10(16)6-7-13(12)17-9-14(19)18-11-4-2-1-3-5-11/h1-8,17H,9H2,(H,18,19). The Morgan fingerprint density at radius 3 is 2.58 bits per heavy atom. The lowest BCUT2D eigenvalue weighted by atomic mass is 10.3. The average molecular weight is 340 g/mol. The maximum absolute atomic E-state index is 11.7. The monoisotopic (exact) mass is 338 g/mol. The molecule has 2 N–H and O–H groups in total. The van der Waals surface area contributed by atoms with Gasteiger partial charge in [-0.1, -0.05) is 29.8 Å². The van der Waals surface area contributed by atoms with Crippen molar-refractivity contribution in [1.82, 2.24) is 0 Å². The second-order valence-electron chi connectivity index (χ2n) is 3.89. The lowest BCUT2D eigenvalue weighted by Gasteiger charge is -2.09. The molecular formula is C14H12BrClN2O. The van der Waals surface area contributed by atoms with Crippen LogP contribution in [0.15, 0.2) is 53.0 Å². The van der Waals surface area contributed by atoms with Crippen LogP contribution in [-0.2, 0) is 4.79 Å². The predicted octanol–water partition coefficient (Wildman–Crippen LogP) is 4.15. The molecule has 2 rings (SSSR count). The van der Waals surface area contributed by atoms with Crippen LogP contribution in [-0.4, -0.2) is 12.5 Å². The predicted molar refractivity (Wildman–Crippen MR) is 82.7 cm³/mol. The summed E-state index contributed by atoms with van der Waals surface area (Å²) in [4.78, 5) is 11.7.